The molecule has 4 N–H and O–H groups in total. The number of hydrogen-bond acceptors (Lipinski definition) is 9. The van der Waals surface area contributed by atoms with Gasteiger partial charge in [-0.2, -0.15) is 0 Å². The molecule has 0 aliphatic carbocycles. The van der Waals surface area contributed by atoms with E-state index < -0.39 is 51.1 Å². The van der Waals surface area contributed by atoms with Crippen LogP contribution in [0.5, 0.6) is 0 Å². The van der Waals surface area contributed by atoms with Crippen LogP contribution in [0.1, 0.15) is 142 Å². The summed E-state index contributed by atoms with van der Waals surface area (Å²) in [6, 6.07) is -1.53. The van der Waals surface area contributed by atoms with Gasteiger partial charge in [-0.3, -0.25) is 23.4 Å². The molecule has 0 saturated heterocycles. The number of ether oxygens (including phenoxy) is 2. The molecule has 0 aliphatic heterocycles. The number of phosphoric ester groups is 1. The van der Waals surface area contributed by atoms with E-state index in [0.717, 1.165) is 64.2 Å². The third kappa shape index (κ3) is 35.9. The van der Waals surface area contributed by atoms with Gasteiger partial charge in [0.05, 0.1) is 13.2 Å². The van der Waals surface area contributed by atoms with Gasteiger partial charge in [-0.05, 0) is 64.2 Å². The molecule has 11 nitrogen and oxygen atoms in total. The van der Waals surface area contributed by atoms with Crippen molar-refractivity contribution < 1.29 is 47.5 Å². The zero-order chi connectivity index (χ0) is 40.0. The van der Waals surface area contributed by atoms with E-state index in [1.165, 1.54) is 38.5 Å². The monoisotopic (exact) mass is 779 g/mol. The predicted octanol–water partition coefficient (Wildman–Crippen LogP) is 10.2. The van der Waals surface area contributed by atoms with Gasteiger partial charge in [0, 0.05) is 12.8 Å². The molecule has 0 radical (unpaired) electrons. The first-order chi connectivity index (χ1) is 26.1. The summed E-state index contributed by atoms with van der Waals surface area (Å²) in [5.74, 6) is -2.45. The number of aliphatic carboxylic acids is 1. The maximum absolute atomic E-state index is 12.6. The molecule has 0 saturated carbocycles. The van der Waals surface area contributed by atoms with E-state index in [2.05, 4.69) is 54.8 Å². The zero-order valence-corrected chi connectivity index (χ0v) is 33.9. The van der Waals surface area contributed by atoms with Gasteiger partial charge in [-0.1, -0.05) is 138 Å². The van der Waals surface area contributed by atoms with Crippen LogP contribution in [-0.4, -0.2) is 59.9 Å². The third-order valence-electron chi connectivity index (χ3n) is 8.03. The lowest BCUT2D eigenvalue weighted by Crippen LogP contribution is -2.34. The van der Waals surface area contributed by atoms with Crippen LogP contribution in [0.15, 0.2) is 72.9 Å². The highest BCUT2D eigenvalue weighted by molar-refractivity contribution is 7.47. The molecule has 0 rings (SSSR count). The number of carbonyl (C=O) groups excluding carboxylic acids is 2. The van der Waals surface area contributed by atoms with Crippen LogP contribution in [0.3, 0.4) is 0 Å². The lowest BCUT2D eigenvalue weighted by atomic mass is 10.1. The van der Waals surface area contributed by atoms with Gasteiger partial charge in [-0.15, -0.1) is 0 Å². The Hall–Kier alpha value is -3.08. The van der Waals surface area contributed by atoms with Gasteiger partial charge in [0.15, 0.2) is 6.10 Å². The Morgan fingerprint density at radius 1 is 0.611 bits per heavy atom. The normalized spacial score (nSPS) is 14.6. The van der Waals surface area contributed by atoms with Crippen molar-refractivity contribution in [2.75, 3.05) is 19.8 Å². The number of nitrogens with two attached hydrogens (primary N) is 1. The second-order valence-corrected chi connectivity index (χ2v) is 14.6. The molecule has 0 spiro atoms. The third-order valence-corrected chi connectivity index (χ3v) is 8.98. The predicted molar refractivity (Wildman–Crippen MR) is 217 cm³/mol. The van der Waals surface area contributed by atoms with Gasteiger partial charge >= 0.3 is 25.7 Å². The van der Waals surface area contributed by atoms with E-state index in [0.29, 0.717) is 12.8 Å². The van der Waals surface area contributed by atoms with Crippen LogP contribution in [-0.2, 0) is 37.5 Å². The standard InChI is InChI=1S/C42H70NO10P/c1-3-5-7-9-11-13-15-17-18-19-20-22-23-25-27-29-31-33-40(44)50-35-38(36-51-54(48,49)52-37-39(43)42(46)47)53-41(45)34-32-30-28-26-24-21-16-14-12-10-8-6-4-2/h6,8,10-14,16-18,21,24,38-39H,3-5,7,9,15,19-20,22-23,25-37,43H2,1-2H3,(H,46,47)(H,48,49)/b8-6+,12-10+,13-11+,16-14+,18-17+,24-21+/t38?,39-/m0/s1. The first-order valence-electron chi connectivity index (χ1n) is 20.0. The molecule has 0 fully saturated rings. The summed E-state index contributed by atoms with van der Waals surface area (Å²) in [4.78, 5) is 45.8. The first-order valence-corrected chi connectivity index (χ1v) is 21.5. The molecule has 2 unspecified atom stereocenters. The highest BCUT2D eigenvalue weighted by atomic mass is 31.2. The second kappa shape index (κ2) is 36.9. The Bertz CT molecular complexity index is 1190. The first kappa shape index (κ1) is 50.9. The Labute approximate surface area is 325 Å². The fourth-order valence-corrected chi connectivity index (χ4v) is 5.65. The lowest BCUT2D eigenvalue weighted by Gasteiger charge is -2.20. The van der Waals surface area contributed by atoms with Gasteiger partial charge in [-0.25, -0.2) is 4.57 Å². The highest BCUT2D eigenvalue weighted by Gasteiger charge is 2.28. The zero-order valence-electron chi connectivity index (χ0n) is 33.0. The second-order valence-electron chi connectivity index (χ2n) is 13.1. The maximum Gasteiger partial charge on any atom is 0.472 e. The van der Waals surface area contributed by atoms with Crippen molar-refractivity contribution in [3.63, 3.8) is 0 Å². The number of carboxylic acids is 1. The highest BCUT2D eigenvalue weighted by Crippen LogP contribution is 2.43. The van der Waals surface area contributed by atoms with Crippen molar-refractivity contribution in [2.45, 2.75) is 154 Å². The van der Waals surface area contributed by atoms with Crippen LogP contribution in [0.25, 0.3) is 0 Å². The van der Waals surface area contributed by atoms with Gasteiger partial charge in [0.25, 0.3) is 0 Å². The fourth-order valence-electron chi connectivity index (χ4n) is 4.87. The minimum atomic E-state index is -4.73. The molecule has 0 aromatic heterocycles. The van der Waals surface area contributed by atoms with E-state index in [1.54, 1.807) is 0 Å². The average molecular weight is 780 g/mol. The lowest BCUT2D eigenvalue weighted by molar-refractivity contribution is -0.161. The molecule has 54 heavy (non-hydrogen) atoms. The van der Waals surface area contributed by atoms with Crippen molar-refractivity contribution >= 4 is 25.7 Å². The smallest absolute Gasteiger partial charge is 0.472 e. The van der Waals surface area contributed by atoms with E-state index in [-0.39, 0.29) is 19.4 Å². The molecule has 3 atom stereocenters. The van der Waals surface area contributed by atoms with E-state index in [1.807, 2.05) is 36.5 Å². The minimum absolute atomic E-state index is 0.110. The van der Waals surface area contributed by atoms with Crippen molar-refractivity contribution in [2.24, 2.45) is 5.73 Å². The molecule has 0 bridgehead atoms. The van der Waals surface area contributed by atoms with Crippen molar-refractivity contribution in [3.05, 3.63) is 72.9 Å². The van der Waals surface area contributed by atoms with Crippen LogP contribution < -0.4 is 5.73 Å². The van der Waals surface area contributed by atoms with Gasteiger partial charge in [0.1, 0.15) is 12.6 Å². The number of carbonyl (C=O) groups is 3. The van der Waals surface area contributed by atoms with Crippen LogP contribution in [0.2, 0.25) is 0 Å². The number of unbranched alkanes of at least 4 members (excludes halogenated alkanes) is 13. The number of esters is 2. The minimum Gasteiger partial charge on any atom is -0.480 e. The Morgan fingerprint density at radius 3 is 1.72 bits per heavy atom. The maximum atomic E-state index is 12.6. The topological polar surface area (TPSA) is 172 Å². The van der Waals surface area contributed by atoms with Gasteiger partial charge < -0.3 is 25.2 Å². The average Bonchev–Trinajstić information content (AvgIpc) is 3.14. The van der Waals surface area contributed by atoms with Crippen molar-refractivity contribution in [3.8, 4) is 0 Å². The number of hydrogen-bond donors (Lipinski definition) is 3. The van der Waals surface area contributed by atoms with Crippen LogP contribution in [0, 0.1) is 0 Å². The van der Waals surface area contributed by atoms with Crippen molar-refractivity contribution in [1.29, 1.82) is 0 Å². The molecule has 308 valence electrons. The largest absolute Gasteiger partial charge is 0.480 e. The Kier molecular flexibility index (Phi) is 34.8. The summed E-state index contributed by atoms with van der Waals surface area (Å²) in [6.07, 6.45) is 42.6. The Morgan fingerprint density at radius 2 is 1.11 bits per heavy atom. The number of allylic oxidation sites excluding steroid dienone is 12. The molecule has 0 amide bonds. The molecule has 0 aliphatic rings. The summed E-state index contributed by atoms with van der Waals surface area (Å²) < 4.78 is 32.5. The SMILES string of the molecule is CC/C=C/C=C/C=C/C=C/CCCCCC(=O)OC(COC(=O)CCCCCCCCC/C=C/C/C=C/CCCCC)COP(=O)(O)OC[C@H](N)C(=O)O. The van der Waals surface area contributed by atoms with Crippen molar-refractivity contribution in [1.82, 2.24) is 0 Å². The van der Waals surface area contributed by atoms with E-state index in [9.17, 15) is 23.8 Å². The number of carboxylic acid groups (broad SMARTS) is 1. The quantitative estimate of drug-likeness (QED) is 0.0182. The van der Waals surface area contributed by atoms with Crippen LogP contribution >= 0.6 is 7.82 Å². The summed E-state index contributed by atoms with van der Waals surface area (Å²) in [5.41, 5.74) is 5.32. The van der Waals surface area contributed by atoms with Crippen LogP contribution in [0.4, 0.5) is 0 Å². The molecular formula is C42H70NO10P. The molecule has 0 aromatic rings. The summed E-state index contributed by atoms with van der Waals surface area (Å²) in [7, 11) is -4.73. The molecular weight excluding hydrogens is 709 g/mol. The number of rotatable bonds is 36. The van der Waals surface area contributed by atoms with E-state index in [4.69, 9.17) is 24.8 Å². The fraction of sp³-hybridized carbons (Fsp3) is 0.643. The molecule has 0 heterocycles. The summed E-state index contributed by atoms with van der Waals surface area (Å²) >= 11 is 0. The molecule has 0 aromatic carbocycles. The summed E-state index contributed by atoms with van der Waals surface area (Å²) in [5, 5.41) is 8.87. The van der Waals surface area contributed by atoms with Gasteiger partial charge in [0.2, 0.25) is 0 Å². The van der Waals surface area contributed by atoms with E-state index >= 15 is 0 Å². The number of phosphoric acid groups is 1. The Balaban J connectivity index is 4.48. The summed E-state index contributed by atoms with van der Waals surface area (Å²) in [6.45, 7) is 2.56. The molecule has 12 heteroatoms.